The zero-order valence-corrected chi connectivity index (χ0v) is 11.9. The molecule has 1 aromatic carbocycles. The van der Waals surface area contributed by atoms with Gasteiger partial charge in [-0.2, -0.15) is 0 Å². The summed E-state index contributed by atoms with van der Waals surface area (Å²) in [5.41, 5.74) is 2.19. The first-order valence-electron chi connectivity index (χ1n) is 7.46. The summed E-state index contributed by atoms with van der Waals surface area (Å²) < 4.78 is 0. The second-order valence-electron chi connectivity index (χ2n) is 6.09. The Hall–Kier alpha value is -1.55. The van der Waals surface area contributed by atoms with Gasteiger partial charge in [-0.3, -0.25) is 0 Å². The molecule has 0 radical (unpaired) electrons. The molecule has 0 spiro atoms. The van der Waals surface area contributed by atoms with Gasteiger partial charge in [0.25, 0.3) is 0 Å². The zero-order chi connectivity index (χ0) is 14.1. The Bertz CT molecular complexity index is 503. The number of aliphatic hydroxyl groups excluding tert-OH is 1. The van der Waals surface area contributed by atoms with Crippen LogP contribution in [-0.4, -0.2) is 35.2 Å². The number of hydrogen-bond acceptors (Lipinski definition) is 2. The minimum atomic E-state index is -0.515. The fraction of sp³-hybridized carbons (Fsp3) is 0.562. The summed E-state index contributed by atoms with van der Waals surface area (Å²) in [5.74, 6) is 0.565. The number of piperidine rings is 1. The molecule has 0 bridgehead atoms. The Balaban J connectivity index is 1.70. The number of aliphatic hydroxyl groups is 1. The molecule has 1 heterocycles. The van der Waals surface area contributed by atoms with Gasteiger partial charge in [0.2, 0.25) is 0 Å². The van der Waals surface area contributed by atoms with Crippen LogP contribution in [0, 0.1) is 5.92 Å². The Labute approximate surface area is 119 Å². The van der Waals surface area contributed by atoms with Crippen LogP contribution in [-0.2, 0) is 6.42 Å². The average Bonchev–Trinajstić information content (AvgIpc) is 2.75. The monoisotopic (exact) mass is 274 g/mol. The number of nitrogens with one attached hydrogen (secondary N) is 1. The van der Waals surface area contributed by atoms with Gasteiger partial charge in [0, 0.05) is 19.5 Å². The zero-order valence-electron chi connectivity index (χ0n) is 11.9. The lowest BCUT2D eigenvalue weighted by Gasteiger charge is -2.32. The average molecular weight is 274 g/mol. The van der Waals surface area contributed by atoms with Crippen molar-refractivity contribution in [1.82, 2.24) is 10.2 Å². The number of carbonyl (C=O) groups is 1. The lowest BCUT2D eigenvalue weighted by atomic mass is 10.0. The second-order valence-corrected chi connectivity index (χ2v) is 6.09. The third-order valence-corrected chi connectivity index (χ3v) is 4.43. The van der Waals surface area contributed by atoms with E-state index >= 15 is 0 Å². The number of hydrogen-bond donors (Lipinski definition) is 2. The normalized spacial score (nSPS) is 29.1. The van der Waals surface area contributed by atoms with Crippen molar-refractivity contribution in [1.29, 1.82) is 0 Å². The third kappa shape index (κ3) is 2.52. The highest BCUT2D eigenvalue weighted by molar-refractivity contribution is 5.75. The van der Waals surface area contributed by atoms with E-state index in [-0.39, 0.29) is 12.1 Å². The summed E-state index contributed by atoms with van der Waals surface area (Å²) in [6, 6.07) is 7.64. The van der Waals surface area contributed by atoms with Gasteiger partial charge in [-0.1, -0.05) is 31.2 Å². The maximum Gasteiger partial charge on any atom is 0.317 e. The lowest BCUT2D eigenvalue weighted by Crippen LogP contribution is -2.47. The lowest BCUT2D eigenvalue weighted by molar-refractivity contribution is 0.127. The number of amides is 2. The van der Waals surface area contributed by atoms with Crippen molar-refractivity contribution in [2.75, 3.05) is 13.1 Å². The largest absolute Gasteiger partial charge is 0.390 e. The van der Waals surface area contributed by atoms with E-state index in [1.165, 1.54) is 6.42 Å². The van der Waals surface area contributed by atoms with E-state index in [0.717, 1.165) is 30.6 Å². The number of fused-ring (bicyclic) bond motifs is 1. The van der Waals surface area contributed by atoms with Gasteiger partial charge in [-0.25, -0.2) is 4.79 Å². The predicted octanol–water partition coefficient (Wildman–Crippen LogP) is 2.09. The van der Waals surface area contributed by atoms with Crippen LogP contribution in [0.3, 0.4) is 0 Å². The van der Waals surface area contributed by atoms with Crippen LogP contribution >= 0.6 is 0 Å². The van der Waals surface area contributed by atoms with E-state index in [9.17, 15) is 9.90 Å². The van der Waals surface area contributed by atoms with Crippen LogP contribution in [0.2, 0.25) is 0 Å². The Morgan fingerprint density at radius 3 is 3.00 bits per heavy atom. The third-order valence-electron chi connectivity index (χ3n) is 4.43. The van der Waals surface area contributed by atoms with E-state index in [4.69, 9.17) is 0 Å². The summed E-state index contributed by atoms with van der Waals surface area (Å²) in [5, 5.41) is 13.2. The van der Waals surface area contributed by atoms with Gasteiger partial charge in [0.15, 0.2) is 0 Å². The number of urea groups is 1. The maximum absolute atomic E-state index is 12.4. The maximum atomic E-state index is 12.4. The molecule has 0 saturated carbocycles. The van der Waals surface area contributed by atoms with Crippen molar-refractivity contribution < 1.29 is 9.90 Å². The summed E-state index contributed by atoms with van der Waals surface area (Å²) >= 11 is 0. The molecule has 4 heteroatoms. The van der Waals surface area contributed by atoms with Gasteiger partial charge in [-0.15, -0.1) is 0 Å². The number of nitrogens with zero attached hydrogens (tertiary/aromatic N) is 1. The molecule has 3 rings (SSSR count). The Morgan fingerprint density at radius 1 is 1.40 bits per heavy atom. The summed E-state index contributed by atoms with van der Waals surface area (Å²) in [6.07, 6.45) is 2.37. The molecule has 2 N–H and O–H groups in total. The molecule has 2 aliphatic rings. The molecule has 1 saturated heterocycles. The minimum Gasteiger partial charge on any atom is -0.390 e. The number of benzene rings is 1. The molecule has 1 aromatic rings. The highest BCUT2D eigenvalue weighted by atomic mass is 16.3. The standard InChI is InChI=1S/C16H22N2O2/c1-11-5-4-8-18(10-11)16(20)17-15-13-7-3-2-6-12(13)9-14(15)19/h2-3,6-7,11,14-15,19H,4-5,8-10H2,1H3,(H,17,20)/t11?,14-,15+/m1/s1. The van der Waals surface area contributed by atoms with Crippen LogP contribution in [0.4, 0.5) is 4.79 Å². The molecular formula is C16H22N2O2. The van der Waals surface area contributed by atoms with E-state index in [1.54, 1.807) is 0 Å². The second kappa shape index (κ2) is 5.44. The molecule has 1 aliphatic carbocycles. The molecular weight excluding hydrogens is 252 g/mol. The molecule has 0 aromatic heterocycles. The van der Waals surface area contributed by atoms with Crippen LogP contribution in [0.1, 0.15) is 36.9 Å². The number of likely N-dealkylation sites (tertiary alicyclic amines) is 1. The molecule has 4 nitrogen and oxygen atoms in total. The molecule has 2 amide bonds. The number of rotatable bonds is 1. The van der Waals surface area contributed by atoms with E-state index in [0.29, 0.717) is 12.3 Å². The molecule has 1 aliphatic heterocycles. The molecule has 3 atom stereocenters. The van der Waals surface area contributed by atoms with Crippen molar-refractivity contribution in [2.24, 2.45) is 5.92 Å². The molecule has 20 heavy (non-hydrogen) atoms. The van der Waals surface area contributed by atoms with Gasteiger partial charge in [0.1, 0.15) is 0 Å². The first-order valence-corrected chi connectivity index (χ1v) is 7.46. The first-order chi connectivity index (χ1) is 9.65. The van der Waals surface area contributed by atoms with E-state index in [2.05, 4.69) is 12.2 Å². The summed E-state index contributed by atoms with van der Waals surface area (Å²) in [7, 11) is 0. The quantitative estimate of drug-likeness (QED) is 0.824. The predicted molar refractivity (Wildman–Crippen MR) is 77.4 cm³/mol. The highest BCUT2D eigenvalue weighted by Crippen LogP contribution is 2.31. The Kier molecular flexibility index (Phi) is 3.66. The summed E-state index contributed by atoms with van der Waals surface area (Å²) in [4.78, 5) is 14.2. The van der Waals surface area contributed by atoms with Crippen LogP contribution < -0.4 is 5.32 Å². The SMILES string of the molecule is CC1CCCN(C(=O)N[C@H]2c3ccccc3C[C@H]2O)C1. The van der Waals surface area contributed by atoms with Gasteiger partial charge in [-0.05, 0) is 29.9 Å². The fourth-order valence-electron chi connectivity index (χ4n) is 3.35. The fourth-order valence-corrected chi connectivity index (χ4v) is 3.35. The minimum absolute atomic E-state index is 0.0442. The van der Waals surface area contributed by atoms with E-state index < -0.39 is 6.10 Å². The van der Waals surface area contributed by atoms with Crippen molar-refractivity contribution in [3.8, 4) is 0 Å². The van der Waals surface area contributed by atoms with Gasteiger partial charge >= 0.3 is 6.03 Å². The number of carbonyl (C=O) groups excluding carboxylic acids is 1. The van der Waals surface area contributed by atoms with E-state index in [1.807, 2.05) is 29.2 Å². The van der Waals surface area contributed by atoms with Crippen molar-refractivity contribution >= 4 is 6.03 Å². The van der Waals surface area contributed by atoms with Gasteiger partial charge in [0.05, 0.1) is 12.1 Å². The van der Waals surface area contributed by atoms with Crippen LogP contribution in [0.5, 0.6) is 0 Å². The van der Waals surface area contributed by atoms with Gasteiger partial charge < -0.3 is 15.3 Å². The summed E-state index contributed by atoms with van der Waals surface area (Å²) in [6.45, 7) is 3.82. The van der Waals surface area contributed by atoms with Crippen molar-refractivity contribution in [2.45, 2.75) is 38.3 Å². The molecule has 1 unspecified atom stereocenters. The van der Waals surface area contributed by atoms with Crippen molar-refractivity contribution in [3.63, 3.8) is 0 Å². The smallest absolute Gasteiger partial charge is 0.317 e. The molecule has 108 valence electrons. The van der Waals surface area contributed by atoms with Crippen LogP contribution in [0.15, 0.2) is 24.3 Å². The Morgan fingerprint density at radius 2 is 2.20 bits per heavy atom. The first kappa shape index (κ1) is 13.4. The highest BCUT2D eigenvalue weighted by Gasteiger charge is 2.33. The topological polar surface area (TPSA) is 52.6 Å². The molecule has 1 fully saturated rings. The van der Waals surface area contributed by atoms with Crippen molar-refractivity contribution in [3.05, 3.63) is 35.4 Å². The van der Waals surface area contributed by atoms with Crippen LogP contribution in [0.25, 0.3) is 0 Å².